The Kier molecular flexibility index (Phi) is 4.96. The van der Waals surface area contributed by atoms with Crippen molar-refractivity contribution < 1.29 is 13.2 Å². The van der Waals surface area contributed by atoms with Crippen LogP contribution in [0.4, 0.5) is 18.9 Å². The third-order valence-corrected chi connectivity index (χ3v) is 3.20. The van der Waals surface area contributed by atoms with E-state index in [0.29, 0.717) is 35.3 Å². The van der Waals surface area contributed by atoms with Crippen molar-refractivity contribution >= 4 is 17.2 Å². The monoisotopic (exact) mass is 337 g/mol. The summed E-state index contributed by atoms with van der Waals surface area (Å²) in [5.41, 5.74) is 6.22. The van der Waals surface area contributed by atoms with E-state index in [2.05, 4.69) is 22.0 Å². The summed E-state index contributed by atoms with van der Waals surface area (Å²) in [6.07, 6.45) is -2.12. The molecular weight excluding hydrogens is 319 g/mol. The Morgan fingerprint density at radius 1 is 1.33 bits per heavy atom. The van der Waals surface area contributed by atoms with Crippen LogP contribution in [0.5, 0.6) is 0 Å². The Balaban J connectivity index is 2.27. The van der Waals surface area contributed by atoms with Crippen LogP contribution in [-0.4, -0.2) is 16.6 Å². The summed E-state index contributed by atoms with van der Waals surface area (Å²) in [7, 11) is 0. The first-order chi connectivity index (χ1) is 11.2. The normalized spacial score (nSPS) is 16.0. The van der Waals surface area contributed by atoms with Gasteiger partial charge in [-0.3, -0.25) is 0 Å². The number of hydrazone groups is 1. The largest absolute Gasteiger partial charge is 0.416 e. The van der Waals surface area contributed by atoms with Crippen LogP contribution in [0.1, 0.15) is 25.8 Å². The lowest BCUT2D eigenvalue weighted by Gasteiger charge is -2.26. The number of halogens is 3. The predicted molar refractivity (Wildman–Crippen MR) is 89.2 cm³/mol. The second-order valence-electron chi connectivity index (χ2n) is 5.16. The molecule has 1 aliphatic rings. The fourth-order valence-electron chi connectivity index (χ4n) is 1.97. The van der Waals surface area contributed by atoms with Gasteiger partial charge in [0.25, 0.3) is 0 Å². The van der Waals surface area contributed by atoms with Gasteiger partial charge in [-0.05, 0) is 31.2 Å². The number of nitrogens with two attached hydrogens (primary N) is 1. The molecule has 2 rings (SSSR count). The maximum Gasteiger partial charge on any atom is 0.416 e. The van der Waals surface area contributed by atoms with E-state index in [1.807, 2.05) is 6.92 Å². The number of rotatable bonds is 4. The zero-order chi connectivity index (χ0) is 17.9. The van der Waals surface area contributed by atoms with Crippen LogP contribution in [-0.2, 0) is 6.18 Å². The van der Waals surface area contributed by atoms with E-state index < -0.39 is 11.7 Å². The first-order valence-corrected chi connectivity index (χ1v) is 7.24. The third kappa shape index (κ3) is 4.15. The first-order valence-electron chi connectivity index (χ1n) is 7.24. The van der Waals surface area contributed by atoms with Gasteiger partial charge in [0, 0.05) is 23.9 Å². The third-order valence-electron chi connectivity index (χ3n) is 3.20. The van der Waals surface area contributed by atoms with E-state index in [-0.39, 0.29) is 0 Å². The molecular formula is C16H18F3N5. The molecule has 0 saturated carbocycles. The van der Waals surface area contributed by atoms with Gasteiger partial charge in [0.2, 0.25) is 0 Å². The zero-order valence-electron chi connectivity index (χ0n) is 13.4. The van der Waals surface area contributed by atoms with E-state index in [1.54, 1.807) is 13.0 Å². The van der Waals surface area contributed by atoms with Crippen LogP contribution in [0.25, 0.3) is 0 Å². The molecule has 24 heavy (non-hydrogen) atoms. The van der Waals surface area contributed by atoms with Crippen LogP contribution in [0, 0.1) is 0 Å². The Hall–Kier alpha value is -2.77. The highest BCUT2D eigenvalue weighted by atomic mass is 19.4. The fraction of sp³-hybridized carbons (Fsp3) is 0.250. The van der Waals surface area contributed by atoms with E-state index in [1.165, 1.54) is 17.1 Å². The van der Waals surface area contributed by atoms with Crippen molar-refractivity contribution in [2.75, 3.05) is 5.32 Å². The summed E-state index contributed by atoms with van der Waals surface area (Å²) >= 11 is 0. The molecule has 1 aliphatic heterocycles. The van der Waals surface area contributed by atoms with Crippen molar-refractivity contribution in [3.05, 3.63) is 54.1 Å². The molecule has 0 aliphatic carbocycles. The maximum absolute atomic E-state index is 12.6. The predicted octanol–water partition coefficient (Wildman–Crippen LogP) is 3.89. The topological polar surface area (TPSA) is 66.0 Å². The summed E-state index contributed by atoms with van der Waals surface area (Å²) in [4.78, 5) is 4.21. The molecule has 0 fully saturated rings. The molecule has 0 spiro atoms. The lowest BCUT2D eigenvalue weighted by molar-refractivity contribution is -0.137. The zero-order valence-corrected chi connectivity index (χ0v) is 13.4. The van der Waals surface area contributed by atoms with Crippen molar-refractivity contribution in [1.82, 2.24) is 5.01 Å². The number of amidine groups is 1. The highest BCUT2D eigenvalue weighted by molar-refractivity contribution is 5.95. The van der Waals surface area contributed by atoms with Crippen molar-refractivity contribution in [2.45, 2.75) is 26.4 Å². The standard InChI is InChI=1S/C16H18F3N5/c1-4-14(20)23-24-11(3)21-10(2)9-15(24)22-13-7-5-12(6-8-13)16(17,18)19/h5-9,22H,3-4H2,1-2H3,(H2,20,23). The van der Waals surface area contributed by atoms with Gasteiger partial charge in [0.15, 0.2) is 0 Å². The number of hydrogen-bond acceptors (Lipinski definition) is 4. The number of aliphatic imine (C=N–C) groups is 1. The van der Waals surface area contributed by atoms with Crippen molar-refractivity contribution in [3.63, 3.8) is 0 Å². The van der Waals surface area contributed by atoms with Gasteiger partial charge < -0.3 is 11.1 Å². The quantitative estimate of drug-likeness (QED) is 0.647. The molecule has 0 bridgehead atoms. The van der Waals surface area contributed by atoms with Gasteiger partial charge >= 0.3 is 6.18 Å². The van der Waals surface area contributed by atoms with E-state index >= 15 is 0 Å². The van der Waals surface area contributed by atoms with Gasteiger partial charge in [-0.1, -0.05) is 13.5 Å². The second-order valence-corrected chi connectivity index (χ2v) is 5.16. The van der Waals surface area contributed by atoms with Crippen LogP contribution in [0.2, 0.25) is 0 Å². The smallest absolute Gasteiger partial charge is 0.386 e. The van der Waals surface area contributed by atoms with Crippen molar-refractivity contribution in [1.29, 1.82) is 0 Å². The van der Waals surface area contributed by atoms with Crippen molar-refractivity contribution in [3.8, 4) is 0 Å². The molecule has 0 aromatic heterocycles. The molecule has 0 saturated heterocycles. The number of nitrogens with zero attached hydrogens (tertiary/aromatic N) is 3. The fourth-order valence-corrected chi connectivity index (χ4v) is 1.97. The van der Waals surface area contributed by atoms with Gasteiger partial charge in [-0.25, -0.2) is 4.99 Å². The average Bonchev–Trinajstić information content (AvgIpc) is 2.50. The minimum absolute atomic E-state index is 0.362. The van der Waals surface area contributed by atoms with Crippen LogP contribution < -0.4 is 11.1 Å². The summed E-state index contributed by atoms with van der Waals surface area (Å²) in [6, 6.07) is 4.71. The molecule has 3 N–H and O–H groups in total. The molecule has 5 nitrogen and oxygen atoms in total. The Bertz CT molecular complexity index is 714. The van der Waals surface area contributed by atoms with Gasteiger partial charge in [0.05, 0.1) is 5.56 Å². The van der Waals surface area contributed by atoms with Crippen LogP contribution in [0.3, 0.4) is 0 Å². The molecule has 0 amide bonds. The maximum atomic E-state index is 12.6. The van der Waals surface area contributed by atoms with Crippen LogP contribution in [0.15, 0.2) is 58.7 Å². The molecule has 1 aromatic rings. The van der Waals surface area contributed by atoms with E-state index in [4.69, 9.17) is 5.73 Å². The van der Waals surface area contributed by atoms with Gasteiger partial charge in [-0.2, -0.15) is 23.3 Å². The summed E-state index contributed by atoms with van der Waals surface area (Å²) in [6.45, 7) is 7.45. The summed E-state index contributed by atoms with van der Waals surface area (Å²) in [5.74, 6) is 1.25. The van der Waals surface area contributed by atoms with Crippen LogP contribution >= 0.6 is 0 Å². The second kappa shape index (κ2) is 6.77. The molecule has 8 heteroatoms. The van der Waals surface area contributed by atoms with E-state index in [9.17, 15) is 13.2 Å². The number of allylic oxidation sites excluding steroid dienone is 1. The highest BCUT2D eigenvalue weighted by Crippen LogP contribution is 2.30. The summed E-state index contributed by atoms with van der Waals surface area (Å²) in [5, 5.41) is 8.65. The SMILES string of the molecule is C=C1N=C(C)C=C(Nc2ccc(C(F)(F)F)cc2)N1/N=C(\N)CC. The van der Waals surface area contributed by atoms with Gasteiger partial charge in [-0.15, -0.1) is 0 Å². The Morgan fingerprint density at radius 2 is 1.96 bits per heavy atom. The molecule has 0 atom stereocenters. The molecule has 1 aromatic carbocycles. The molecule has 0 unspecified atom stereocenters. The van der Waals surface area contributed by atoms with E-state index in [0.717, 1.165) is 12.1 Å². The van der Waals surface area contributed by atoms with Crippen molar-refractivity contribution in [2.24, 2.45) is 15.8 Å². The molecule has 128 valence electrons. The summed E-state index contributed by atoms with van der Waals surface area (Å²) < 4.78 is 37.9. The lowest BCUT2D eigenvalue weighted by atomic mass is 10.2. The average molecular weight is 337 g/mol. The Labute approximate surface area is 138 Å². The minimum Gasteiger partial charge on any atom is -0.386 e. The first kappa shape index (κ1) is 17.6. The number of nitrogens with one attached hydrogen (secondary N) is 1. The number of hydrogen-bond donors (Lipinski definition) is 2. The number of anilines is 1. The highest BCUT2D eigenvalue weighted by Gasteiger charge is 2.30. The number of alkyl halides is 3. The molecule has 1 heterocycles. The minimum atomic E-state index is -4.37. The lowest BCUT2D eigenvalue weighted by Crippen LogP contribution is -2.28. The number of benzene rings is 1. The Morgan fingerprint density at radius 3 is 2.50 bits per heavy atom. The molecule has 0 radical (unpaired) electrons. The van der Waals surface area contributed by atoms with Gasteiger partial charge in [0.1, 0.15) is 17.5 Å².